The molecule has 0 radical (unpaired) electrons. The van der Waals surface area contributed by atoms with Gasteiger partial charge in [-0.1, -0.05) is 20.8 Å². The second kappa shape index (κ2) is 4.75. The van der Waals surface area contributed by atoms with E-state index < -0.39 is 16.0 Å². The van der Waals surface area contributed by atoms with E-state index in [1.54, 1.807) is 0 Å². The topological polar surface area (TPSA) is 72.5 Å². The predicted molar refractivity (Wildman–Crippen MR) is 53.3 cm³/mol. The minimum atomic E-state index is -3.40. The maximum absolute atomic E-state index is 11.3. The molecule has 0 aliphatic heterocycles. The van der Waals surface area contributed by atoms with Gasteiger partial charge in [0.05, 0.1) is 12.9 Å². The Balaban J connectivity index is 4.17. The molecule has 0 aromatic carbocycles. The summed E-state index contributed by atoms with van der Waals surface area (Å²) in [5.74, 6) is -0.612. The number of carbonyl (C=O) groups is 1. The standard InChI is InChI=1S/C8H17NO4S/c1-8(2,3)6-14(11,12)9-5-7(10)13-4/h9H,5-6H2,1-4H3. The highest BCUT2D eigenvalue weighted by Gasteiger charge is 2.21. The minimum absolute atomic E-state index is 0.0169. The Morgan fingerprint density at radius 2 is 1.86 bits per heavy atom. The Morgan fingerprint density at radius 3 is 2.21 bits per heavy atom. The molecule has 0 aliphatic carbocycles. The summed E-state index contributed by atoms with van der Waals surface area (Å²) < 4.78 is 29.2. The summed E-state index contributed by atoms with van der Waals surface area (Å²) in [6.07, 6.45) is 0. The van der Waals surface area contributed by atoms with Crippen molar-refractivity contribution in [1.82, 2.24) is 4.72 Å². The summed E-state index contributed by atoms with van der Waals surface area (Å²) >= 11 is 0. The Hall–Kier alpha value is -0.620. The highest BCUT2D eigenvalue weighted by molar-refractivity contribution is 7.89. The van der Waals surface area contributed by atoms with Gasteiger partial charge in [-0.2, -0.15) is 0 Å². The molecule has 0 rings (SSSR count). The van der Waals surface area contributed by atoms with E-state index in [4.69, 9.17) is 0 Å². The first-order chi connectivity index (χ1) is 6.16. The molecule has 5 nitrogen and oxygen atoms in total. The van der Waals surface area contributed by atoms with Crippen molar-refractivity contribution in [3.05, 3.63) is 0 Å². The second-order valence-electron chi connectivity index (χ2n) is 4.22. The SMILES string of the molecule is COC(=O)CNS(=O)(=O)CC(C)(C)C. The number of esters is 1. The van der Waals surface area contributed by atoms with Gasteiger partial charge in [-0.15, -0.1) is 0 Å². The van der Waals surface area contributed by atoms with Crippen molar-refractivity contribution in [3.63, 3.8) is 0 Å². The Morgan fingerprint density at radius 1 is 1.36 bits per heavy atom. The van der Waals surface area contributed by atoms with E-state index in [9.17, 15) is 13.2 Å². The molecule has 0 heterocycles. The average Bonchev–Trinajstić information content (AvgIpc) is 1.96. The van der Waals surface area contributed by atoms with Crippen LogP contribution in [0.4, 0.5) is 0 Å². The number of hydrogen-bond donors (Lipinski definition) is 1. The number of methoxy groups -OCH3 is 1. The monoisotopic (exact) mass is 223 g/mol. The van der Waals surface area contributed by atoms with E-state index in [1.807, 2.05) is 20.8 Å². The van der Waals surface area contributed by atoms with Crippen LogP contribution < -0.4 is 4.72 Å². The van der Waals surface area contributed by atoms with Gasteiger partial charge in [0, 0.05) is 0 Å². The van der Waals surface area contributed by atoms with Crippen LogP contribution in [0.1, 0.15) is 20.8 Å². The average molecular weight is 223 g/mol. The number of sulfonamides is 1. The van der Waals surface area contributed by atoms with E-state index >= 15 is 0 Å². The van der Waals surface area contributed by atoms with Gasteiger partial charge >= 0.3 is 5.97 Å². The zero-order valence-electron chi connectivity index (χ0n) is 8.96. The van der Waals surface area contributed by atoms with E-state index in [0.29, 0.717) is 0 Å². The second-order valence-corrected chi connectivity index (χ2v) is 6.02. The van der Waals surface area contributed by atoms with Gasteiger partial charge in [-0.05, 0) is 5.41 Å². The van der Waals surface area contributed by atoms with Gasteiger partial charge in [0.2, 0.25) is 10.0 Å². The molecular weight excluding hydrogens is 206 g/mol. The Kier molecular flexibility index (Phi) is 4.54. The van der Waals surface area contributed by atoms with Crippen LogP contribution >= 0.6 is 0 Å². The van der Waals surface area contributed by atoms with E-state index in [-0.39, 0.29) is 17.7 Å². The third-order valence-electron chi connectivity index (χ3n) is 1.29. The Bertz CT molecular complexity index is 289. The largest absolute Gasteiger partial charge is 0.468 e. The quantitative estimate of drug-likeness (QED) is 0.687. The molecule has 0 amide bonds. The predicted octanol–water partition coefficient (Wildman–Crippen LogP) is 0.125. The van der Waals surface area contributed by atoms with Crippen molar-refractivity contribution in [3.8, 4) is 0 Å². The number of hydrogen-bond acceptors (Lipinski definition) is 4. The maximum atomic E-state index is 11.3. The van der Waals surface area contributed by atoms with E-state index in [1.165, 1.54) is 7.11 Å². The molecule has 0 aromatic heterocycles. The highest BCUT2D eigenvalue weighted by Crippen LogP contribution is 2.14. The molecule has 6 heteroatoms. The van der Waals surface area contributed by atoms with Gasteiger partial charge in [0.25, 0.3) is 0 Å². The molecule has 0 atom stereocenters. The molecule has 0 aliphatic rings. The van der Waals surface area contributed by atoms with Gasteiger partial charge in [-0.3, -0.25) is 4.79 Å². The van der Waals surface area contributed by atoms with Crippen LogP contribution in [0.3, 0.4) is 0 Å². The van der Waals surface area contributed by atoms with Crippen molar-refractivity contribution < 1.29 is 17.9 Å². The fourth-order valence-electron chi connectivity index (χ4n) is 0.862. The lowest BCUT2D eigenvalue weighted by atomic mass is 10.0. The summed E-state index contributed by atoms with van der Waals surface area (Å²) in [4.78, 5) is 10.7. The van der Waals surface area contributed by atoms with Crippen molar-refractivity contribution in [2.45, 2.75) is 20.8 Å². The summed E-state index contributed by atoms with van der Waals surface area (Å²) in [6, 6.07) is 0. The zero-order valence-corrected chi connectivity index (χ0v) is 9.77. The number of nitrogens with one attached hydrogen (secondary N) is 1. The molecule has 0 unspecified atom stereocenters. The molecular formula is C8H17NO4S. The van der Waals surface area contributed by atoms with Crippen molar-refractivity contribution in [1.29, 1.82) is 0 Å². The first-order valence-corrected chi connectivity index (χ1v) is 5.86. The lowest BCUT2D eigenvalue weighted by molar-refractivity contribution is -0.139. The molecule has 1 N–H and O–H groups in total. The molecule has 0 spiro atoms. The molecule has 84 valence electrons. The Labute approximate surface area is 84.9 Å². The fraction of sp³-hybridized carbons (Fsp3) is 0.875. The van der Waals surface area contributed by atoms with Crippen LogP contribution in [0, 0.1) is 5.41 Å². The van der Waals surface area contributed by atoms with Crippen LogP contribution in [0.5, 0.6) is 0 Å². The first-order valence-electron chi connectivity index (χ1n) is 4.20. The lowest BCUT2D eigenvalue weighted by Gasteiger charge is -2.17. The van der Waals surface area contributed by atoms with Crippen LogP contribution in [-0.4, -0.2) is 33.8 Å². The molecule has 0 bridgehead atoms. The van der Waals surface area contributed by atoms with Crippen LogP contribution in [0.25, 0.3) is 0 Å². The van der Waals surface area contributed by atoms with Gasteiger partial charge < -0.3 is 4.74 Å². The van der Waals surface area contributed by atoms with E-state index in [2.05, 4.69) is 9.46 Å². The van der Waals surface area contributed by atoms with Gasteiger partial charge in [0.15, 0.2) is 0 Å². The van der Waals surface area contributed by atoms with Crippen molar-refractivity contribution in [2.75, 3.05) is 19.4 Å². The molecule has 0 aromatic rings. The first kappa shape index (κ1) is 13.4. The molecule has 0 saturated heterocycles. The van der Waals surface area contributed by atoms with E-state index in [0.717, 1.165) is 0 Å². The third-order valence-corrected chi connectivity index (χ3v) is 3.12. The maximum Gasteiger partial charge on any atom is 0.320 e. The van der Waals surface area contributed by atoms with Crippen molar-refractivity contribution >= 4 is 16.0 Å². The smallest absolute Gasteiger partial charge is 0.320 e. The number of rotatable bonds is 4. The molecule has 0 fully saturated rings. The zero-order chi connectivity index (χ0) is 11.4. The summed E-state index contributed by atoms with van der Waals surface area (Å²) in [5.41, 5.74) is -0.331. The van der Waals surface area contributed by atoms with Gasteiger partial charge in [0.1, 0.15) is 6.54 Å². The van der Waals surface area contributed by atoms with Gasteiger partial charge in [-0.25, -0.2) is 13.1 Å². The highest BCUT2D eigenvalue weighted by atomic mass is 32.2. The minimum Gasteiger partial charge on any atom is -0.468 e. The summed E-state index contributed by atoms with van der Waals surface area (Å²) in [6.45, 7) is 5.12. The van der Waals surface area contributed by atoms with Crippen LogP contribution in [0.15, 0.2) is 0 Å². The number of ether oxygens (including phenoxy) is 1. The van der Waals surface area contributed by atoms with Crippen molar-refractivity contribution in [2.24, 2.45) is 5.41 Å². The van der Waals surface area contributed by atoms with Crippen LogP contribution in [0.2, 0.25) is 0 Å². The normalized spacial score (nSPS) is 12.6. The summed E-state index contributed by atoms with van der Waals surface area (Å²) in [5, 5.41) is 0. The third kappa shape index (κ3) is 6.85. The molecule has 0 saturated carbocycles. The summed E-state index contributed by atoms with van der Waals surface area (Å²) in [7, 11) is -2.19. The number of carbonyl (C=O) groups excluding carboxylic acids is 1. The van der Waals surface area contributed by atoms with Crippen LogP contribution in [-0.2, 0) is 19.6 Å². The molecule has 14 heavy (non-hydrogen) atoms. The lowest BCUT2D eigenvalue weighted by Crippen LogP contribution is -2.35. The fourth-order valence-corrected chi connectivity index (χ4v) is 2.44.